The number of halogens is 1. The van der Waals surface area contributed by atoms with Gasteiger partial charge in [-0.15, -0.1) is 0 Å². The highest BCUT2D eigenvalue weighted by Gasteiger charge is 2.31. The molecular weight excluding hydrogens is 250 g/mol. The summed E-state index contributed by atoms with van der Waals surface area (Å²) >= 11 is 3.50. The molecule has 2 heteroatoms. The van der Waals surface area contributed by atoms with Crippen LogP contribution in [0, 0.1) is 0 Å². The van der Waals surface area contributed by atoms with E-state index in [0.717, 1.165) is 13.1 Å². The first-order valence-electron chi connectivity index (χ1n) is 5.74. The Hall–Kier alpha value is -0.340. The monoisotopic (exact) mass is 267 g/mol. The molecule has 1 aliphatic heterocycles. The maximum atomic E-state index is 3.50. The van der Waals surface area contributed by atoms with Gasteiger partial charge in [0, 0.05) is 4.47 Å². The minimum absolute atomic E-state index is 0.423. The predicted molar refractivity (Wildman–Crippen MR) is 68.2 cm³/mol. The Morgan fingerprint density at radius 2 is 1.80 bits per heavy atom. The molecular formula is C13H18BrN. The standard InChI is InChI=1S/C13H18BrN/c1-2-13(7-9-15-10-8-13)11-3-5-12(14)6-4-11/h3-6,15H,2,7-10H2,1H3. The molecule has 1 N–H and O–H groups in total. The fraction of sp³-hybridized carbons (Fsp3) is 0.538. The van der Waals surface area contributed by atoms with Gasteiger partial charge in [-0.25, -0.2) is 0 Å². The summed E-state index contributed by atoms with van der Waals surface area (Å²) < 4.78 is 1.17. The van der Waals surface area contributed by atoms with Crippen LogP contribution < -0.4 is 5.32 Å². The van der Waals surface area contributed by atoms with E-state index in [2.05, 4.69) is 52.4 Å². The average Bonchev–Trinajstić information content (AvgIpc) is 2.31. The van der Waals surface area contributed by atoms with E-state index in [1.807, 2.05) is 0 Å². The van der Waals surface area contributed by atoms with Gasteiger partial charge in [-0.1, -0.05) is 35.0 Å². The first kappa shape index (κ1) is 11.2. The van der Waals surface area contributed by atoms with Crippen LogP contribution in [0.2, 0.25) is 0 Å². The lowest BCUT2D eigenvalue weighted by molar-refractivity contribution is 0.298. The van der Waals surface area contributed by atoms with Gasteiger partial charge in [-0.05, 0) is 55.5 Å². The summed E-state index contributed by atoms with van der Waals surface area (Å²) in [5, 5.41) is 3.45. The van der Waals surface area contributed by atoms with Crippen LogP contribution >= 0.6 is 15.9 Å². The Balaban J connectivity index is 2.28. The summed E-state index contributed by atoms with van der Waals surface area (Å²) in [5.74, 6) is 0. The third-order valence-electron chi connectivity index (χ3n) is 3.69. The number of benzene rings is 1. The van der Waals surface area contributed by atoms with E-state index in [0.29, 0.717) is 5.41 Å². The summed E-state index contributed by atoms with van der Waals surface area (Å²) in [4.78, 5) is 0. The molecule has 0 aromatic heterocycles. The van der Waals surface area contributed by atoms with Gasteiger partial charge in [0.05, 0.1) is 0 Å². The van der Waals surface area contributed by atoms with E-state index in [9.17, 15) is 0 Å². The van der Waals surface area contributed by atoms with Crippen molar-refractivity contribution < 1.29 is 0 Å². The van der Waals surface area contributed by atoms with Crippen LogP contribution in [-0.4, -0.2) is 13.1 Å². The highest BCUT2D eigenvalue weighted by Crippen LogP contribution is 2.36. The minimum Gasteiger partial charge on any atom is -0.317 e. The normalized spacial score (nSPS) is 20.1. The summed E-state index contributed by atoms with van der Waals surface area (Å²) in [6.45, 7) is 4.63. The fourth-order valence-electron chi connectivity index (χ4n) is 2.56. The molecule has 0 aliphatic carbocycles. The van der Waals surface area contributed by atoms with Crippen LogP contribution in [0.25, 0.3) is 0 Å². The third-order valence-corrected chi connectivity index (χ3v) is 4.22. The minimum atomic E-state index is 0.423. The maximum Gasteiger partial charge on any atom is 0.0175 e. The molecule has 0 amide bonds. The number of hydrogen-bond acceptors (Lipinski definition) is 1. The van der Waals surface area contributed by atoms with E-state index in [-0.39, 0.29) is 0 Å². The van der Waals surface area contributed by atoms with Gasteiger partial charge in [0.25, 0.3) is 0 Å². The summed E-state index contributed by atoms with van der Waals surface area (Å²) in [7, 11) is 0. The van der Waals surface area contributed by atoms with E-state index < -0.39 is 0 Å². The van der Waals surface area contributed by atoms with Gasteiger partial charge >= 0.3 is 0 Å². The topological polar surface area (TPSA) is 12.0 Å². The van der Waals surface area contributed by atoms with Crippen molar-refractivity contribution in [1.29, 1.82) is 0 Å². The van der Waals surface area contributed by atoms with Crippen LogP contribution in [0.4, 0.5) is 0 Å². The van der Waals surface area contributed by atoms with Crippen LogP contribution in [0.5, 0.6) is 0 Å². The molecule has 1 aliphatic rings. The Bertz CT molecular complexity index is 312. The van der Waals surface area contributed by atoms with Crippen molar-refractivity contribution in [2.24, 2.45) is 0 Å². The molecule has 15 heavy (non-hydrogen) atoms. The SMILES string of the molecule is CCC1(c2ccc(Br)cc2)CCNCC1. The molecule has 0 bridgehead atoms. The van der Waals surface area contributed by atoms with Crippen molar-refractivity contribution in [3.8, 4) is 0 Å². The molecule has 1 aromatic rings. The third kappa shape index (κ3) is 2.26. The molecule has 1 heterocycles. The second-order valence-electron chi connectivity index (χ2n) is 4.39. The lowest BCUT2D eigenvalue weighted by atomic mass is 9.71. The van der Waals surface area contributed by atoms with Gasteiger partial charge in [0.15, 0.2) is 0 Å². The molecule has 2 rings (SSSR count). The Labute approximate surface area is 100 Å². The van der Waals surface area contributed by atoms with Crippen molar-refractivity contribution >= 4 is 15.9 Å². The summed E-state index contributed by atoms with van der Waals surface area (Å²) in [6, 6.07) is 8.88. The van der Waals surface area contributed by atoms with Crippen molar-refractivity contribution in [2.45, 2.75) is 31.6 Å². The summed E-state index contributed by atoms with van der Waals surface area (Å²) in [5.41, 5.74) is 1.93. The van der Waals surface area contributed by atoms with E-state index >= 15 is 0 Å². The zero-order valence-electron chi connectivity index (χ0n) is 9.22. The van der Waals surface area contributed by atoms with Crippen molar-refractivity contribution in [2.75, 3.05) is 13.1 Å². The Morgan fingerprint density at radius 3 is 2.33 bits per heavy atom. The number of nitrogens with one attached hydrogen (secondary N) is 1. The van der Waals surface area contributed by atoms with E-state index in [1.165, 1.54) is 29.3 Å². The van der Waals surface area contributed by atoms with E-state index in [1.54, 1.807) is 0 Å². The maximum absolute atomic E-state index is 3.50. The van der Waals surface area contributed by atoms with Gasteiger partial charge in [-0.2, -0.15) is 0 Å². The van der Waals surface area contributed by atoms with Crippen LogP contribution in [0.3, 0.4) is 0 Å². The number of piperidine rings is 1. The van der Waals surface area contributed by atoms with E-state index in [4.69, 9.17) is 0 Å². The highest BCUT2D eigenvalue weighted by atomic mass is 79.9. The van der Waals surface area contributed by atoms with Crippen molar-refractivity contribution in [3.05, 3.63) is 34.3 Å². The molecule has 0 saturated carbocycles. The van der Waals surface area contributed by atoms with Crippen molar-refractivity contribution in [1.82, 2.24) is 5.32 Å². The summed E-state index contributed by atoms with van der Waals surface area (Å²) in [6.07, 6.45) is 3.78. The lowest BCUT2D eigenvalue weighted by Gasteiger charge is -2.37. The second kappa shape index (κ2) is 4.67. The zero-order chi connectivity index (χ0) is 10.7. The molecule has 0 radical (unpaired) electrons. The van der Waals surface area contributed by atoms with Crippen LogP contribution in [0.15, 0.2) is 28.7 Å². The zero-order valence-corrected chi connectivity index (χ0v) is 10.8. The van der Waals surface area contributed by atoms with Gasteiger partial charge in [0.1, 0.15) is 0 Å². The van der Waals surface area contributed by atoms with Crippen LogP contribution in [-0.2, 0) is 5.41 Å². The molecule has 1 nitrogen and oxygen atoms in total. The van der Waals surface area contributed by atoms with Gasteiger partial charge < -0.3 is 5.32 Å². The molecule has 0 spiro atoms. The fourth-order valence-corrected chi connectivity index (χ4v) is 2.82. The highest BCUT2D eigenvalue weighted by molar-refractivity contribution is 9.10. The van der Waals surface area contributed by atoms with Gasteiger partial charge in [0.2, 0.25) is 0 Å². The number of hydrogen-bond donors (Lipinski definition) is 1. The second-order valence-corrected chi connectivity index (χ2v) is 5.31. The molecule has 0 unspecified atom stereocenters. The Morgan fingerprint density at radius 1 is 1.20 bits per heavy atom. The first-order chi connectivity index (χ1) is 7.27. The quantitative estimate of drug-likeness (QED) is 0.865. The molecule has 1 aromatic carbocycles. The molecule has 1 fully saturated rings. The molecule has 1 saturated heterocycles. The molecule has 82 valence electrons. The van der Waals surface area contributed by atoms with Crippen LogP contribution in [0.1, 0.15) is 31.7 Å². The molecule has 0 atom stereocenters. The lowest BCUT2D eigenvalue weighted by Crippen LogP contribution is -2.39. The van der Waals surface area contributed by atoms with Crippen molar-refractivity contribution in [3.63, 3.8) is 0 Å². The van der Waals surface area contributed by atoms with Gasteiger partial charge in [-0.3, -0.25) is 0 Å². The smallest absolute Gasteiger partial charge is 0.0175 e. The predicted octanol–water partition coefficient (Wildman–Crippen LogP) is 3.48. The Kier molecular flexibility index (Phi) is 3.47. The first-order valence-corrected chi connectivity index (χ1v) is 6.53. The average molecular weight is 268 g/mol. The number of rotatable bonds is 2. The largest absolute Gasteiger partial charge is 0.317 e.